The number of thiazole rings is 1. The Labute approximate surface area is 227 Å². The van der Waals surface area contributed by atoms with E-state index in [2.05, 4.69) is 20.6 Å². The van der Waals surface area contributed by atoms with Crippen LogP contribution >= 0.6 is 11.3 Å². The summed E-state index contributed by atoms with van der Waals surface area (Å²) >= 11 is 1.39. The molecule has 2 aromatic heterocycles. The number of hydrazone groups is 1. The number of hydrogen-bond donors (Lipinski definition) is 2. The van der Waals surface area contributed by atoms with Crippen LogP contribution in [0.3, 0.4) is 0 Å². The van der Waals surface area contributed by atoms with Crippen LogP contribution in [0.1, 0.15) is 22.8 Å². The summed E-state index contributed by atoms with van der Waals surface area (Å²) in [7, 11) is 4.59. The molecule has 0 spiro atoms. The van der Waals surface area contributed by atoms with E-state index in [1.807, 2.05) is 36.4 Å². The van der Waals surface area contributed by atoms with Crippen molar-refractivity contribution in [2.75, 3.05) is 21.3 Å². The smallest absolute Gasteiger partial charge is 0.283 e. The number of aromatic amines is 1. The van der Waals surface area contributed by atoms with Gasteiger partial charge in [-0.3, -0.25) is 14.7 Å². The maximum atomic E-state index is 13.7. The number of carbonyl (C=O) groups is 1. The third kappa shape index (κ3) is 5.12. The van der Waals surface area contributed by atoms with Crippen molar-refractivity contribution >= 4 is 33.2 Å². The van der Waals surface area contributed by atoms with Crippen molar-refractivity contribution in [2.24, 2.45) is 5.10 Å². The third-order valence-electron chi connectivity index (χ3n) is 6.04. The predicted octanol–water partition coefficient (Wildman–Crippen LogP) is 4.62. The van der Waals surface area contributed by atoms with Crippen LogP contribution in [0.25, 0.3) is 26.6 Å². The highest BCUT2D eigenvalue weighted by Crippen LogP contribution is 2.27. The first kappa shape index (κ1) is 25.7. The fourth-order valence-electron chi connectivity index (χ4n) is 4.02. The first-order valence-corrected chi connectivity index (χ1v) is 12.7. The van der Waals surface area contributed by atoms with Gasteiger partial charge in [0.15, 0.2) is 0 Å². The van der Waals surface area contributed by atoms with E-state index in [9.17, 15) is 9.59 Å². The molecule has 0 fully saturated rings. The Morgan fingerprint density at radius 1 is 0.949 bits per heavy atom. The molecular formula is C28H25N5O5S. The van der Waals surface area contributed by atoms with E-state index in [1.54, 1.807) is 44.4 Å². The second-order valence-corrected chi connectivity index (χ2v) is 9.44. The number of ether oxygens (including phenoxy) is 3. The lowest BCUT2D eigenvalue weighted by molar-refractivity contribution is 0.0954. The van der Waals surface area contributed by atoms with Crippen molar-refractivity contribution in [2.45, 2.75) is 6.92 Å². The van der Waals surface area contributed by atoms with E-state index in [4.69, 9.17) is 14.2 Å². The van der Waals surface area contributed by atoms with Crippen molar-refractivity contribution < 1.29 is 19.0 Å². The summed E-state index contributed by atoms with van der Waals surface area (Å²) < 4.78 is 18.1. The number of aromatic nitrogens is 3. The zero-order valence-corrected chi connectivity index (χ0v) is 22.5. The van der Waals surface area contributed by atoms with Gasteiger partial charge in [-0.05, 0) is 55.5 Å². The molecule has 0 saturated carbocycles. The highest BCUT2D eigenvalue weighted by atomic mass is 32.1. The number of benzene rings is 3. The van der Waals surface area contributed by atoms with E-state index in [0.29, 0.717) is 44.9 Å². The number of H-pyrrole nitrogens is 1. The van der Waals surface area contributed by atoms with Crippen LogP contribution < -0.4 is 25.2 Å². The van der Waals surface area contributed by atoms with Gasteiger partial charge in [-0.2, -0.15) is 9.78 Å². The molecule has 2 heterocycles. The van der Waals surface area contributed by atoms with Gasteiger partial charge >= 0.3 is 0 Å². The van der Waals surface area contributed by atoms with Crippen LogP contribution in [-0.4, -0.2) is 47.7 Å². The van der Waals surface area contributed by atoms with Crippen molar-refractivity contribution in [1.29, 1.82) is 0 Å². The molecule has 2 N–H and O–H groups in total. The molecule has 1 amide bonds. The molecule has 0 saturated heterocycles. The van der Waals surface area contributed by atoms with Gasteiger partial charge in [0, 0.05) is 17.2 Å². The Kier molecular flexibility index (Phi) is 7.15. The summed E-state index contributed by atoms with van der Waals surface area (Å²) in [6, 6.07) is 19.8. The summed E-state index contributed by atoms with van der Waals surface area (Å²) in [4.78, 5) is 31.3. The summed E-state index contributed by atoms with van der Waals surface area (Å²) in [6.45, 7) is 1.66. The van der Waals surface area contributed by atoms with Crippen LogP contribution in [0.4, 0.5) is 0 Å². The van der Waals surface area contributed by atoms with Crippen LogP contribution in [0.5, 0.6) is 17.2 Å². The summed E-state index contributed by atoms with van der Waals surface area (Å²) in [6.07, 6.45) is 0. The van der Waals surface area contributed by atoms with E-state index in [-0.39, 0.29) is 5.56 Å². The normalized spacial score (nSPS) is 11.4. The molecule has 0 aliphatic carbocycles. The minimum atomic E-state index is -0.486. The van der Waals surface area contributed by atoms with Crippen molar-refractivity contribution in [3.63, 3.8) is 0 Å². The number of carbonyl (C=O) groups excluding carboxylic acids is 1. The van der Waals surface area contributed by atoms with Gasteiger partial charge < -0.3 is 14.2 Å². The molecule has 0 atom stereocenters. The second kappa shape index (κ2) is 10.8. The molecule has 198 valence electrons. The topological polar surface area (TPSA) is 120 Å². The molecule has 11 heteroatoms. The maximum absolute atomic E-state index is 13.7. The largest absolute Gasteiger partial charge is 0.497 e. The van der Waals surface area contributed by atoms with E-state index < -0.39 is 5.91 Å². The van der Waals surface area contributed by atoms with Crippen molar-refractivity contribution in [3.8, 4) is 33.6 Å². The van der Waals surface area contributed by atoms with Crippen LogP contribution in [0, 0.1) is 0 Å². The van der Waals surface area contributed by atoms with E-state index in [0.717, 1.165) is 15.8 Å². The molecule has 0 unspecified atom stereocenters. The van der Waals surface area contributed by atoms with Gasteiger partial charge in [0.2, 0.25) is 5.13 Å². The molecule has 10 nitrogen and oxygen atoms in total. The zero-order chi connectivity index (χ0) is 27.5. The first-order chi connectivity index (χ1) is 18.9. The Bertz CT molecular complexity index is 1700. The van der Waals surface area contributed by atoms with E-state index >= 15 is 0 Å². The number of methoxy groups -OCH3 is 3. The van der Waals surface area contributed by atoms with Gasteiger partial charge in [-0.1, -0.05) is 23.5 Å². The second-order valence-electron chi connectivity index (χ2n) is 8.43. The quantitative estimate of drug-likeness (QED) is 0.218. The first-order valence-electron chi connectivity index (χ1n) is 11.8. The SMILES string of the molecule is COc1ccc(-c2[nH]n(-c3nc4ccccc4s3)c(=O)c2C(C)=NNC(=O)c2cc(OC)cc(OC)c2)cc1. The van der Waals surface area contributed by atoms with Crippen LogP contribution in [-0.2, 0) is 0 Å². The zero-order valence-electron chi connectivity index (χ0n) is 21.6. The number of fused-ring (bicyclic) bond motifs is 1. The van der Waals surface area contributed by atoms with Crippen molar-refractivity contribution in [3.05, 3.63) is 88.2 Å². The number of hydrogen-bond acceptors (Lipinski definition) is 8. The molecule has 3 aromatic carbocycles. The minimum absolute atomic E-state index is 0.291. The minimum Gasteiger partial charge on any atom is -0.497 e. The lowest BCUT2D eigenvalue weighted by atomic mass is 10.1. The summed E-state index contributed by atoms with van der Waals surface area (Å²) in [5.41, 5.74) is 5.14. The Balaban J connectivity index is 1.56. The molecule has 5 aromatic rings. The predicted molar refractivity (Wildman–Crippen MR) is 151 cm³/mol. The van der Waals surface area contributed by atoms with Crippen LogP contribution in [0.2, 0.25) is 0 Å². The molecule has 5 rings (SSSR count). The van der Waals surface area contributed by atoms with Crippen molar-refractivity contribution in [1.82, 2.24) is 20.2 Å². The lowest BCUT2D eigenvalue weighted by Gasteiger charge is -2.08. The highest BCUT2D eigenvalue weighted by Gasteiger charge is 2.22. The average Bonchev–Trinajstić information content (AvgIpc) is 3.56. The van der Waals surface area contributed by atoms with Gasteiger partial charge in [0.1, 0.15) is 17.2 Å². The monoisotopic (exact) mass is 543 g/mol. The Morgan fingerprint density at radius 2 is 1.62 bits per heavy atom. The average molecular weight is 544 g/mol. The van der Waals surface area contributed by atoms with Gasteiger partial charge in [-0.15, -0.1) is 0 Å². The van der Waals surface area contributed by atoms with E-state index in [1.165, 1.54) is 30.2 Å². The number of para-hydroxylation sites is 1. The Hall–Kier alpha value is -4.90. The molecule has 0 aliphatic heterocycles. The molecule has 39 heavy (non-hydrogen) atoms. The van der Waals surface area contributed by atoms with Gasteiger partial charge in [-0.25, -0.2) is 10.4 Å². The Morgan fingerprint density at radius 3 is 2.26 bits per heavy atom. The highest BCUT2D eigenvalue weighted by molar-refractivity contribution is 7.20. The number of nitrogens with one attached hydrogen (secondary N) is 2. The van der Waals surface area contributed by atoms with Crippen LogP contribution in [0.15, 0.2) is 76.6 Å². The fourth-order valence-corrected chi connectivity index (χ4v) is 4.95. The maximum Gasteiger partial charge on any atom is 0.283 e. The van der Waals surface area contributed by atoms with Gasteiger partial charge in [0.05, 0.1) is 48.5 Å². The number of nitrogens with zero attached hydrogens (tertiary/aromatic N) is 3. The molecule has 0 radical (unpaired) electrons. The molecular weight excluding hydrogens is 518 g/mol. The number of rotatable bonds is 8. The fraction of sp³-hybridized carbons (Fsp3) is 0.143. The number of amides is 1. The third-order valence-corrected chi connectivity index (χ3v) is 7.07. The lowest BCUT2D eigenvalue weighted by Crippen LogP contribution is -2.23. The van der Waals surface area contributed by atoms with Gasteiger partial charge in [0.25, 0.3) is 11.5 Å². The summed E-state index contributed by atoms with van der Waals surface area (Å²) in [5, 5.41) is 7.96. The standard InChI is InChI=1S/C28H25N5O5S/c1-16(30-31-26(34)18-13-20(37-3)15-21(14-18)38-4)24-25(17-9-11-19(36-2)12-10-17)32-33(27(24)35)28-29-22-7-5-6-8-23(22)39-28/h5-15,32H,1-4H3,(H,31,34). The molecule has 0 aliphatic rings. The summed E-state index contributed by atoms with van der Waals surface area (Å²) in [5.74, 6) is 1.12. The molecule has 0 bridgehead atoms.